The van der Waals surface area contributed by atoms with Crippen molar-refractivity contribution in [2.75, 3.05) is 13.6 Å². The zero-order valence-corrected chi connectivity index (χ0v) is 29.9. The number of carbonyl (C=O) groups excluding carboxylic acids is 2. The summed E-state index contributed by atoms with van der Waals surface area (Å²) in [4.78, 5) is 43.8. The third kappa shape index (κ3) is 11.2. The van der Waals surface area contributed by atoms with Crippen molar-refractivity contribution in [3.8, 4) is 0 Å². The second-order valence-corrected chi connectivity index (χ2v) is 15.0. The van der Waals surface area contributed by atoms with E-state index in [-0.39, 0.29) is 36.9 Å². The number of nitroso groups, excluding NO2 is 1. The summed E-state index contributed by atoms with van der Waals surface area (Å²) in [5.41, 5.74) is 2.79. The number of aliphatic hydroxyl groups is 1. The second-order valence-electron chi connectivity index (χ2n) is 13.3. The molecule has 1 aliphatic rings. The number of carbonyl (C=O) groups is 2. The van der Waals surface area contributed by atoms with E-state index in [1.54, 1.807) is 31.4 Å². The molecule has 0 unspecified atom stereocenters. The van der Waals surface area contributed by atoms with Crippen molar-refractivity contribution < 1.29 is 23.1 Å². The Morgan fingerprint density at radius 3 is 2.40 bits per heavy atom. The highest BCUT2D eigenvalue weighted by Crippen LogP contribution is 2.31. The van der Waals surface area contributed by atoms with Gasteiger partial charge in [0.25, 0.3) is 0 Å². The lowest BCUT2D eigenvalue weighted by atomic mass is 9.96. The lowest BCUT2D eigenvalue weighted by molar-refractivity contribution is -0.125. The van der Waals surface area contributed by atoms with Gasteiger partial charge in [0.1, 0.15) is 12.6 Å². The topological polar surface area (TPSA) is 170 Å². The first-order chi connectivity index (χ1) is 24.0. The molecule has 2 aromatic carbocycles. The molecule has 4 rings (SSSR count). The summed E-state index contributed by atoms with van der Waals surface area (Å²) in [5.74, 6) is -0.376. The van der Waals surface area contributed by atoms with Gasteiger partial charge in [-0.25, -0.2) is 17.9 Å². The summed E-state index contributed by atoms with van der Waals surface area (Å²) in [7, 11) is -2.46. The zero-order chi connectivity index (χ0) is 36.1. The Balaban J connectivity index is 1.50. The first-order valence-corrected chi connectivity index (χ1v) is 18.8. The van der Waals surface area contributed by atoms with Gasteiger partial charge in [0, 0.05) is 19.8 Å². The minimum absolute atomic E-state index is 0.0520. The van der Waals surface area contributed by atoms with Crippen molar-refractivity contribution in [2.24, 2.45) is 17.0 Å². The van der Waals surface area contributed by atoms with E-state index in [9.17, 15) is 28.0 Å². The number of amides is 3. The molecule has 0 bridgehead atoms. The Morgan fingerprint density at radius 2 is 1.74 bits per heavy atom. The molecule has 3 amide bonds. The smallest absolute Gasteiger partial charge is 0.318 e. The average molecular weight is 707 g/mol. The van der Waals surface area contributed by atoms with Crippen molar-refractivity contribution in [3.05, 3.63) is 100 Å². The fraction of sp³-hybridized carbons (Fsp3) is 0.486. The maximum absolute atomic E-state index is 13.8. The number of hydrogen-bond acceptors (Lipinski definition) is 8. The Hall–Kier alpha value is -4.20. The van der Waals surface area contributed by atoms with Crippen LogP contribution in [0.1, 0.15) is 68.3 Å². The minimum Gasteiger partial charge on any atom is -0.390 e. The van der Waals surface area contributed by atoms with Crippen LogP contribution in [0.25, 0.3) is 0 Å². The lowest BCUT2D eigenvalue weighted by Crippen LogP contribution is -2.58. The molecule has 12 nitrogen and oxygen atoms in total. The number of urea groups is 1. The third-order valence-electron chi connectivity index (χ3n) is 9.46. The van der Waals surface area contributed by atoms with Crippen LogP contribution in [-0.4, -0.2) is 67.1 Å². The Morgan fingerprint density at radius 1 is 1.02 bits per heavy atom. The number of aromatic nitrogens is 1. The van der Waals surface area contributed by atoms with Crippen molar-refractivity contribution in [1.29, 1.82) is 0 Å². The van der Waals surface area contributed by atoms with Crippen LogP contribution >= 0.6 is 0 Å². The monoisotopic (exact) mass is 706 g/mol. The minimum atomic E-state index is -4.08. The lowest BCUT2D eigenvalue weighted by Gasteiger charge is -2.30. The molecule has 0 spiro atoms. The number of pyridine rings is 1. The molecule has 1 heterocycles. The van der Waals surface area contributed by atoms with E-state index in [1.165, 1.54) is 11.0 Å². The van der Waals surface area contributed by atoms with Crippen LogP contribution in [0.2, 0.25) is 0 Å². The highest BCUT2D eigenvalue weighted by atomic mass is 32.2. The summed E-state index contributed by atoms with van der Waals surface area (Å²) in [5, 5.41) is 20.2. The van der Waals surface area contributed by atoms with E-state index in [0.717, 1.165) is 31.2 Å². The maximum atomic E-state index is 13.8. The molecule has 50 heavy (non-hydrogen) atoms. The van der Waals surface area contributed by atoms with Gasteiger partial charge in [-0.15, -0.1) is 0 Å². The van der Waals surface area contributed by atoms with Gasteiger partial charge in [0.2, 0.25) is 15.9 Å². The van der Waals surface area contributed by atoms with Crippen LogP contribution in [0, 0.1) is 16.7 Å². The van der Waals surface area contributed by atoms with Gasteiger partial charge in [0.05, 0.1) is 29.3 Å². The van der Waals surface area contributed by atoms with E-state index >= 15 is 0 Å². The first-order valence-electron chi connectivity index (χ1n) is 17.3. The standard InChI is InChI=1S/C37H50N6O6S/c1-4-26(2)35(42-37(46)43(3)25-31-16-10-11-19-38-31)36(45)41-32(22-28-12-6-5-7-13-28)33(44)24-40-50(48,49)34-18-17-29(23-39-47)21-30(34)20-27-14-8-9-15-27/h5-7,10-13,16-19,21,26-27,32-33,35,40,44H,4,8-9,14-15,20,22-25H2,1-3H3,(H,41,45)(H,42,46)/t26-,32-,33+,35-/m0/s1. The predicted molar refractivity (Wildman–Crippen MR) is 192 cm³/mol. The summed E-state index contributed by atoms with van der Waals surface area (Å²) in [6.45, 7) is 3.61. The van der Waals surface area contributed by atoms with E-state index in [0.29, 0.717) is 35.6 Å². The number of sulfonamides is 1. The number of nitrogens with one attached hydrogen (secondary N) is 3. The van der Waals surface area contributed by atoms with Crippen LogP contribution in [0.3, 0.4) is 0 Å². The summed E-state index contributed by atoms with van der Waals surface area (Å²) >= 11 is 0. The van der Waals surface area contributed by atoms with Crippen LogP contribution < -0.4 is 15.4 Å². The van der Waals surface area contributed by atoms with Gasteiger partial charge in [-0.3, -0.25) is 9.78 Å². The molecule has 0 aliphatic heterocycles. The molecule has 3 aromatic rings. The average Bonchev–Trinajstić information content (AvgIpc) is 3.63. The number of rotatable bonds is 18. The number of nitrogens with zero attached hydrogens (tertiary/aromatic N) is 3. The quantitative estimate of drug-likeness (QED) is 0.139. The molecule has 0 saturated heterocycles. The van der Waals surface area contributed by atoms with Crippen LogP contribution in [0.5, 0.6) is 0 Å². The van der Waals surface area contributed by atoms with Crippen LogP contribution in [0.4, 0.5) is 4.79 Å². The molecule has 1 aliphatic carbocycles. The molecular weight excluding hydrogens is 657 g/mol. The number of aliphatic hydroxyl groups excluding tert-OH is 1. The summed E-state index contributed by atoms with van der Waals surface area (Å²) in [6.07, 6.45) is 5.95. The van der Waals surface area contributed by atoms with Crippen LogP contribution in [-0.2, 0) is 40.7 Å². The predicted octanol–water partition coefficient (Wildman–Crippen LogP) is 4.70. The molecular formula is C37H50N6O6S. The van der Waals surface area contributed by atoms with E-state index < -0.39 is 40.1 Å². The SMILES string of the molecule is CC[C@H](C)[C@H](NC(=O)N(C)Cc1ccccn1)C(=O)N[C@@H](Cc1ccccc1)[C@H](O)CNS(=O)(=O)c1ccc(CN=O)cc1CC1CCCC1. The number of benzene rings is 2. The van der Waals surface area contributed by atoms with Crippen molar-refractivity contribution in [3.63, 3.8) is 0 Å². The van der Waals surface area contributed by atoms with E-state index in [2.05, 4.69) is 25.5 Å². The molecule has 4 atom stereocenters. The zero-order valence-electron chi connectivity index (χ0n) is 29.1. The first kappa shape index (κ1) is 38.6. The van der Waals surface area contributed by atoms with Gasteiger partial charge in [-0.2, -0.15) is 4.91 Å². The summed E-state index contributed by atoms with van der Waals surface area (Å²) in [6, 6.07) is 17.3. The van der Waals surface area contributed by atoms with E-state index in [1.807, 2.05) is 56.3 Å². The highest BCUT2D eigenvalue weighted by Gasteiger charge is 2.32. The van der Waals surface area contributed by atoms with Crippen LogP contribution in [0.15, 0.2) is 83.0 Å². The fourth-order valence-electron chi connectivity index (χ4n) is 6.34. The second kappa shape index (κ2) is 18.7. The molecule has 270 valence electrons. The van der Waals surface area contributed by atoms with Crippen molar-refractivity contribution in [2.45, 2.75) is 95.0 Å². The Kier molecular flexibility index (Phi) is 14.4. The van der Waals surface area contributed by atoms with E-state index in [4.69, 9.17) is 0 Å². The molecule has 1 aromatic heterocycles. The van der Waals surface area contributed by atoms with Crippen molar-refractivity contribution >= 4 is 22.0 Å². The van der Waals surface area contributed by atoms with Gasteiger partial charge in [-0.05, 0) is 59.6 Å². The number of hydrogen-bond donors (Lipinski definition) is 4. The summed E-state index contributed by atoms with van der Waals surface area (Å²) < 4.78 is 30.0. The van der Waals surface area contributed by atoms with Gasteiger partial charge in [0.15, 0.2) is 0 Å². The van der Waals surface area contributed by atoms with Gasteiger partial charge >= 0.3 is 6.03 Å². The Labute approximate surface area is 295 Å². The molecule has 4 N–H and O–H groups in total. The normalized spacial score (nSPS) is 15.8. The largest absolute Gasteiger partial charge is 0.390 e. The maximum Gasteiger partial charge on any atom is 0.318 e. The fourth-order valence-corrected chi connectivity index (χ4v) is 7.62. The highest BCUT2D eigenvalue weighted by molar-refractivity contribution is 7.89. The third-order valence-corrected chi connectivity index (χ3v) is 11.0. The molecule has 0 radical (unpaired) electrons. The molecule has 13 heteroatoms. The molecule has 1 fully saturated rings. The van der Waals surface area contributed by atoms with Gasteiger partial charge < -0.3 is 20.6 Å². The molecule has 1 saturated carbocycles. The van der Waals surface area contributed by atoms with Gasteiger partial charge in [-0.1, -0.05) is 99.7 Å². The Bertz CT molecular complexity index is 1650. The van der Waals surface area contributed by atoms with Crippen molar-refractivity contribution in [1.82, 2.24) is 25.2 Å².